The molecule has 0 amide bonds. The molecule has 12 heavy (non-hydrogen) atoms. The minimum absolute atomic E-state index is 0.0810. The topological polar surface area (TPSA) is 29.1 Å². The molecule has 2 nitrogen and oxygen atoms in total. The summed E-state index contributed by atoms with van der Waals surface area (Å²) < 4.78 is 0.0810. The van der Waals surface area contributed by atoms with Gasteiger partial charge in [-0.25, -0.2) is 0 Å². The molecule has 0 aromatic heterocycles. The zero-order chi connectivity index (χ0) is 8.55. The largest absolute Gasteiger partial charge is 0.383 e. The van der Waals surface area contributed by atoms with Gasteiger partial charge in [-0.2, -0.15) is 0 Å². The Hall–Kier alpha value is -0.580. The van der Waals surface area contributed by atoms with Crippen LogP contribution in [0.4, 0.5) is 5.69 Å². The average molecular weight is 273 g/mol. The lowest BCUT2D eigenvalue weighted by atomic mass is 10.0. The second kappa shape index (κ2) is 3.05. The molecule has 0 saturated carbocycles. The Morgan fingerprint density at radius 1 is 1.42 bits per heavy atom. The van der Waals surface area contributed by atoms with Gasteiger partial charge in [-0.05, 0) is 12.1 Å². The Morgan fingerprint density at radius 3 is 3.00 bits per heavy atom. The van der Waals surface area contributed by atoms with Crippen molar-refractivity contribution in [2.45, 2.75) is 3.92 Å². The maximum atomic E-state index is 11.6. The van der Waals surface area contributed by atoms with Gasteiger partial charge in [-0.1, -0.05) is 34.7 Å². The van der Waals surface area contributed by atoms with Crippen molar-refractivity contribution in [2.24, 2.45) is 0 Å². The third-order valence-corrected chi connectivity index (χ3v) is 2.95. The fourth-order valence-corrected chi connectivity index (χ4v) is 1.87. The van der Waals surface area contributed by atoms with Crippen LogP contribution in [0.5, 0.6) is 0 Å². The lowest BCUT2D eigenvalue weighted by Crippen LogP contribution is -2.29. The van der Waals surface area contributed by atoms with E-state index in [0.29, 0.717) is 0 Å². The quantitative estimate of drug-likeness (QED) is 0.579. The molecular formula is C9H8INO. The minimum atomic E-state index is 0.0810. The molecule has 1 N–H and O–H groups in total. The predicted octanol–water partition coefficient (Wildman–Crippen LogP) is 2.10. The molecule has 62 valence electrons. The first-order valence-corrected chi connectivity index (χ1v) is 5.05. The van der Waals surface area contributed by atoms with Crippen LogP contribution in [0, 0.1) is 0 Å². The highest BCUT2D eigenvalue weighted by molar-refractivity contribution is 14.1. The molecule has 3 heteroatoms. The maximum absolute atomic E-state index is 11.6. The van der Waals surface area contributed by atoms with Crippen LogP contribution < -0.4 is 5.32 Å². The number of anilines is 1. The Morgan fingerprint density at radius 2 is 2.17 bits per heavy atom. The van der Waals surface area contributed by atoms with Crippen molar-refractivity contribution in [1.29, 1.82) is 0 Å². The lowest BCUT2D eigenvalue weighted by molar-refractivity contribution is 0.0994. The number of hydrogen-bond acceptors (Lipinski definition) is 2. The molecule has 0 fully saturated rings. The highest BCUT2D eigenvalue weighted by atomic mass is 127. The summed E-state index contributed by atoms with van der Waals surface area (Å²) in [6.45, 7) is 0.746. The van der Waals surface area contributed by atoms with Gasteiger partial charge < -0.3 is 5.32 Å². The van der Waals surface area contributed by atoms with Crippen LogP contribution in [0.25, 0.3) is 0 Å². The molecule has 0 aliphatic carbocycles. The van der Waals surface area contributed by atoms with Gasteiger partial charge in [0.15, 0.2) is 5.78 Å². The number of rotatable bonds is 0. The van der Waals surface area contributed by atoms with Crippen LogP contribution >= 0.6 is 22.6 Å². The summed E-state index contributed by atoms with van der Waals surface area (Å²) >= 11 is 2.17. The second-order valence-electron chi connectivity index (χ2n) is 2.76. The van der Waals surface area contributed by atoms with Crippen molar-refractivity contribution in [3.05, 3.63) is 29.8 Å². The molecule has 0 radical (unpaired) electrons. The highest BCUT2D eigenvalue weighted by Gasteiger charge is 2.23. The van der Waals surface area contributed by atoms with Gasteiger partial charge in [0.2, 0.25) is 0 Å². The van der Waals surface area contributed by atoms with E-state index in [4.69, 9.17) is 0 Å². The third kappa shape index (κ3) is 1.22. The van der Waals surface area contributed by atoms with Crippen molar-refractivity contribution in [3.8, 4) is 0 Å². The number of carbonyl (C=O) groups excluding carboxylic acids is 1. The van der Waals surface area contributed by atoms with E-state index in [9.17, 15) is 4.79 Å². The lowest BCUT2D eigenvalue weighted by Gasteiger charge is -2.20. The van der Waals surface area contributed by atoms with Crippen LogP contribution in [0.3, 0.4) is 0 Å². The van der Waals surface area contributed by atoms with Gasteiger partial charge in [-0.15, -0.1) is 0 Å². The van der Waals surface area contributed by atoms with E-state index < -0.39 is 0 Å². The van der Waals surface area contributed by atoms with E-state index in [1.165, 1.54) is 0 Å². The molecule has 1 aromatic carbocycles. The van der Waals surface area contributed by atoms with Crippen LogP contribution in [0.15, 0.2) is 24.3 Å². The van der Waals surface area contributed by atoms with Crippen molar-refractivity contribution < 1.29 is 4.79 Å². The molecule has 1 atom stereocenters. The Bertz CT molecular complexity index is 324. The normalized spacial score (nSPS) is 21.4. The highest BCUT2D eigenvalue weighted by Crippen LogP contribution is 2.24. The first kappa shape index (κ1) is 8.04. The zero-order valence-corrected chi connectivity index (χ0v) is 8.54. The van der Waals surface area contributed by atoms with E-state index in [2.05, 4.69) is 27.9 Å². The van der Waals surface area contributed by atoms with Gasteiger partial charge in [-0.3, -0.25) is 4.79 Å². The van der Waals surface area contributed by atoms with E-state index >= 15 is 0 Å². The van der Waals surface area contributed by atoms with E-state index in [-0.39, 0.29) is 9.71 Å². The minimum Gasteiger partial charge on any atom is -0.383 e. The predicted molar refractivity (Wildman–Crippen MR) is 57.1 cm³/mol. The number of ketones is 1. The molecule has 1 heterocycles. The summed E-state index contributed by atoms with van der Waals surface area (Å²) in [5.74, 6) is 0.241. The van der Waals surface area contributed by atoms with E-state index in [1.807, 2.05) is 24.3 Å². The summed E-state index contributed by atoms with van der Waals surface area (Å²) in [4.78, 5) is 11.6. The van der Waals surface area contributed by atoms with Gasteiger partial charge in [0.25, 0.3) is 0 Å². The fraction of sp³-hybridized carbons (Fsp3) is 0.222. The first-order chi connectivity index (χ1) is 5.79. The van der Waals surface area contributed by atoms with Crippen molar-refractivity contribution in [3.63, 3.8) is 0 Å². The number of Topliss-reactive ketones (excluding diaryl/α,β-unsaturated/α-hetero) is 1. The van der Waals surface area contributed by atoms with E-state index in [1.54, 1.807) is 0 Å². The van der Waals surface area contributed by atoms with Crippen molar-refractivity contribution in [2.75, 3.05) is 11.9 Å². The first-order valence-electron chi connectivity index (χ1n) is 3.80. The van der Waals surface area contributed by atoms with Crippen molar-refractivity contribution >= 4 is 34.1 Å². The Kier molecular flexibility index (Phi) is 2.04. The monoisotopic (exact) mass is 273 g/mol. The summed E-state index contributed by atoms with van der Waals surface area (Å²) in [7, 11) is 0. The number of halogens is 1. The van der Waals surface area contributed by atoms with Gasteiger partial charge in [0.1, 0.15) is 0 Å². The number of nitrogens with one attached hydrogen (secondary N) is 1. The molecule has 0 bridgehead atoms. The molecule has 1 aliphatic heterocycles. The molecule has 2 rings (SSSR count). The number of para-hydroxylation sites is 1. The molecular weight excluding hydrogens is 265 g/mol. The fourth-order valence-electron chi connectivity index (χ4n) is 1.31. The summed E-state index contributed by atoms with van der Waals surface area (Å²) in [5, 5.41) is 3.21. The Balaban J connectivity index is 2.49. The number of benzene rings is 1. The summed E-state index contributed by atoms with van der Waals surface area (Å²) in [6.07, 6.45) is 0. The van der Waals surface area contributed by atoms with Gasteiger partial charge in [0, 0.05) is 17.8 Å². The summed E-state index contributed by atoms with van der Waals surface area (Å²) in [6, 6.07) is 7.64. The van der Waals surface area contributed by atoms with Crippen LogP contribution in [0.1, 0.15) is 10.4 Å². The number of alkyl halides is 1. The number of fused-ring (bicyclic) bond motifs is 1. The zero-order valence-electron chi connectivity index (χ0n) is 6.38. The second-order valence-corrected chi connectivity index (χ2v) is 4.26. The van der Waals surface area contributed by atoms with Gasteiger partial charge >= 0.3 is 0 Å². The van der Waals surface area contributed by atoms with Crippen LogP contribution in [-0.4, -0.2) is 16.3 Å². The van der Waals surface area contributed by atoms with Crippen LogP contribution in [0.2, 0.25) is 0 Å². The van der Waals surface area contributed by atoms with Gasteiger partial charge in [0.05, 0.1) is 3.92 Å². The molecule has 1 unspecified atom stereocenters. The number of hydrogen-bond donors (Lipinski definition) is 1. The van der Waals surface area contributed by atoms with E-state index in [0.717, 1.165) is 17.8 Å². The Labute approximate surface area is 84.5 Å². The summed E-state index contributed by atoms with van der Waals surface area (Å²) in [5.41, 5.74) is 1.79. The molecule has 0 spiro atoms. The smallest absolute Gasteiger partial charge is 0.179 e. The SMILES string of the molecule is O=C1c2ccccc2NCC1I. The molecule has 1 aliphatic rings. The molecule has 1 aromatic rings. The van der Waals surface area contributed by atoms with Crippen molar-refractivity contribution in [1.82, 2.24) is 0 Å². The third-order valence-electron chi connectivity index (χ3n) is 1.95. The number of carbonyl (C=O) groups is 1. The standard InChI is InChI=1S/C9H8INO/c10-7-5-11-8-4-2-1-3-6(8)9(7)12/h1-4,7,11H,5H2. The average Bonchev–Trinajstić information content (AvgIpc) is 2.12. The molecule has 0 saturated heterocycles. The maximum Gasteiger partial charge on any atom is 0.179 e. The van der Waals surface area contributed by atoms with Crippen LogP contribution in [-0.2, 0) is 0 Å².